The molecule has 1 heterocycles. The molecule has 0 atom stereocenters. The minimum absolute atomic E-state index is 0. The van der Waals surface area contributed by atoms with Gasteiger partial charge in [0.05, 0.1) is 12.0 Å². The second kappa shape index (κ2) is 10.4. The van der Waals surface area contributed by atoms with E-state index in [-0.39, 0.29) is 28.6 Å². The molecule has 1 fully saturated rings. The van der Waals surface area contributed by atoms with Gasteiger partial charge in [0.1, 0.15) is 5.75 Å². The van der Waals surface area contributed by atoms with Crippen molar-refractivity contribution >= 4 is 28.3 Å². The molecule has 0 spiro atoms. The Balaban J connectivity index is 0.00000392. The Kier molecular flexibility index (Phi) is 9.20. The van der Waals surface area contributed by atoms with Crippen molar-refractivity contribution in [2.24, 2.45) is 5.41 Å². The minimum atomic E-state index is -3.48. The quantitative estimate of drug-likeness (QED) is 0.711. The van der Waals surface area contributed by atoms with Crippen LogP contribution < -0.4 is 10.1 Å². The second-order valence-electron chi connectivity index (χ2n) is 8.01. The Morgan fingerprint density at radius 2 is 1.68 bits per heavy atom. The molecule has 1 amide bonds. The molecule has 1 N–H and O–H groups in total. The van der Waals surface area contributed by atoms with Crippen LogP contribution in [0.25, 0.3) is 0 Å². The van der Waals surface area contributed by atoms with Crippen molar-refractivity contribution in [1.29, 1.82) is 0 Å². The minimum Gasteiger partial charge on any atom is -0.497 e. The number of hydrogen-bond acceptors (Lipinski definition) is 5. The van der Waals surface area contributed by atoms with Crippen molar-refractivity contribution in [2.45, 2.75) is 32.1 Å². The lowest BCUT2D eigenvalue weighted by Crippen LogP contribution is -2.50. The number of nitrogens with zero attached hydrogens (tertiary/aromatic N) is 2. The van der Waals surface area contributed by atoms with Crippen LogP contribution in [0.2, 0.25) is 0 Å². The molecule has 1 saturated heterocycles. The van der Waals surface area contributed by atoms with Crippen molar-refractivity contribution < 1.29 is 17.9 Å². The number of carbonyl (C=O) groups is 1. The number of piperazine rings is 1. The molecule has 9 heteroatoms. The molecule has 0 aromatic heterocycles. The molecule has 1 aromatic carbocycles. The van der Waals surface area contributed by atoms with Crippen LogP contribution >= 0.6 is 12.4 Å². The van der Waals surface area contributed by atoms with Gasteiger partial charge in [-0.1, -0.05) is 20.8 Å². The maximum absolute atomic E-state index is 12.7. The van der Waals surface area contributed by atoms with Gasteiger partial charge in [0.25, 0.3) is 0 Å². The molecule has 0 bridgehead atoms. The van der Waals surface area contributed by atoms with Gasteiger partial charge >= 0.3 is 0 Å². The summed E-state index contributed by atoms with van der Waals surface area (Å²) in [6, 6.07) is 6.46. The number of methoxy groups -OCH3 is 1. The molecule has 1 aliphatic heterocycles. The topological polar surface area (TPSA) is 79.0 Å². The molecule has 160 valence electrons. The summed E-state index contributed by atoms with van der Waals surface area (Å²) in [7, 11) is -1.93. The average Bonchev–Trinajstić information content (AvgIpc) is 2.60. The zero-order chi connectivity index (χ0) is 20.1. The molecule has 0 aliphatic carbocycles. The fraction of sp³-hybridized carbons (Fsp3) is 0.632. The molecule has 2 rings (SSSR count). The van der Waals surface area contributed by atoms with Gasteiger partial charge < -0.3 is 10.1 Å². The average molecular weight is 434 g/mol. The van der Waals surface area contributed by atoms with Gasteiger partial charge in [0.15, 0.2) is 0 Å². The monoisotopic (exact) mass is 433 g/mol. The normalized spacial score (nSPS) is 16.3. The van der Waals surface area contributed by atoms with Crippen molar-refractivity contribution in [2.75, 3.05) is 46.4 Å². The van der Waals surface area contributed by atoms with Crippen LogP contribution in [0.3, 0.4) is 0 Å². The number of sulfonamides is 1. The van der Waals surface area contributed by atoms with E-state index in [0.29, 0.717) is 44.9 Å². The van der Waals surface area contributed by atoms with E-state index in [4.69, 9.17) is 4.74 Å². The highest BCUT2D eigenvalue weighted by Gasteiger charge is 2.28. The molecule has 0 saturated carbocycles. The second-order valence-corrected chi connectivity index (χ2v) is 9.95. The number of carbonyl (C=O) groups excluding carboxylic acids is 1. The Labute approximate surface area is 174 Å². The number of benzene rings is 1. The summed E-state index contributed by atoms with van der Waals surface area (Å²) in [5, 5.41) is 2.94. The number of rotatable bonds is 7. The van der Waals surface area contributed by atoms with Crippen molar-refractivity contribution in [3.05, 3.63) is 24.3 Å². The highest BCUT2D eigenvalue weighted by Crippen LogP contribution is 2.20. The Bertz CT molecular complexity index is 725. The number of nitrogens with one attached hydrogen (secondary N) is 1. The van der Waals surface area contributed by atoms with E-state index < -0.39 is 10.0 Å². The molecular weight excluding hydrogens is 402 g/mol. The first-order valence-electron chi connectivity index (χ1n) is 9.25. The van der Waals surface area contributed by atoms with E-state index in [1.807, 2.05) is 20.8 Å². The summed E-state index contributed by atoms with van der Waals surface area (Å²) in [6.07, 6.45) is 0.501. The number of amides is 1. The van der Waals surface area contributed by atoms with E-state index in [2.05, 4.69) is 10.2 Å². The van der Waals surface area contributed by atoms with E-state index in [9.17, 15) is 13.2 Å². The molecule has 1 aromatic rings. The van der Waals surface area contributed by atoms with Gasteiger partial charge in [-0.2, -0.15) is 4.31 Å². The third-order valence-corrected chi connectivity index (χ3v) is 6.38. The first kappa shape index (κ1) is 24.7. The van der Waals surface area contributed by atoms with Crippen LogP contribution in [-0.2, 0) is 14.8 Å². The van der Waals surface area contributed by atoms with Gasteiger partial charge in [-0.05, 0) is 29.7 Å². The van der Waals surface area contributed by atoms with E-state index in [1.54, 1.807) is 31.4 Å². The molecule has 7 nitrogen and oxygen atoms in total. The summed E-state index contributed by atoms with van der Waals surface area (Å²) in [5.74, 6) is 0.690. The third kappa shape index (κ3) is 7.24. The van der Waals surface area contributed by atoms with Gasteiger partial charge in [0.2, 0.25) is 15.9 Å². The van der Waals surface area contributed by atoms with Crippen LogP contribution in [0.5, 0.6) is 5.75 Å². The van der Waals surface area contributed by atoms with Crippen LogP contribution in [0.4, 0.5) is 0 Å². The van der Waals surface area contributed by atoms with Gasteiger partial charge in [0, 0.05) is 45.7 Å². The lowest BCUT2D eigenvalue weighted by Gasteiger charge is -2.34. The molecule has 0 unspecified atom stereocenters. The van der Waals surface area contributed by atoms with Crippen molar-refractivity contribution in [3.63, 3.8) is 0 Å². The predicted molar refractivity (Wildman–Crippen MR) is 113 cm³/mol. The Morgan fingerprint density at radius 3 is 2.18 bits per heavy atom. The van der Waals surface area contributed by atoms with Crippen LogP contribution in [0.15, 0.2) is 29.2 Å². The SMILES string of the molecule is COc1ccc(S(=O)(=O)N2CCN(CCNC(=O)CC(C)(C)C)CC2)cc1.Cl. The zero-order valence-electron chi connectivity index (χ0n) is 17.1. The highest BCUT2D eigenvalue weighted by molar-refractivity contribution is 7.89. The lowest BCUT2D eigenvalue weighted by molar-refractivity contribution is -0.122. The largest absolute Gasteiger partial charge is 0.497 e. The summed E-state index contributed by atoms with van der Waals surface area (Å²) >= 11 is 0. The Hall–Kier alpha value is -1.35. The van der Waals surface area contributed by atoms with Crippen LogP contribution in [-0.4, -0.2) is 69.9 Å². The summed E-state index contributed by atoms with van der Waals surface area (Å²) in [6.45, 7) is 9.63. The first-order chi connectivity index (χ1) is 12.6. The number of hydrogen-bond donors (Lipinski definition) is 1. The third-order valence-electron chi connectivity index (χ3n) is 4.47. The van der Waals surface area contributed by atoms with Crippen molar-refractivity contribution in [1.82, 2.24) is 14.5 Å². The molecule has 1 aliphatic rings. The number of halogens is 1. The van der Waals surface area contributed by atoms with Gasteiger partial charge in [-0.25, -0.2) is 8.42 Å². The molecule has 28 heavy (non-hydrogen) atoms. The summed E-state index contributed by atoms with van der Waals surface area (Å²) in [5.41, 5.74) is -0.0223. The standard InChI is InChI=1S/C19H31N3O4S.ClH/c1-19(2,3)15-18(23)20-9-10-21-11-13-22(14-12-21)27(24,25)17-7-5-16(26-4)6-8-17;/h5-8H,9-15H2,1-4H3,(H,20,23);1H. The fourth-order valence-corrected chi connectivity index (χ4v) is 4.41. The zero-order valence-corrected chi connectivity index (χ0v) is 18.7. The van der Waals surface area contributed by atoms with E-state index in [1.165, 1.54) is 4.31 Å². The van der Waals surface area contributed by atoms with Gasteiger partial charge in [-0.15, -0.1) is 12.4 Å². The maximum Gasteiger partial charge on any atom is 0.243 e. The van der Waals surface area contributed by atoms with E-state index in [0.717, 1.165) is 6.54 Å². The predicted octanol–water partition coefficient (Wildman–Crippen LogP) is 1.98. The first-order valence-corrected chi connectivity index (χ1v) is 10.7. The summed E-state index contributed by atoms with van der Waals surface area (Å²) < 4.78 is 32.1. The van der Waals surface area contributed by atoms with Crippen LogP contribution in [0, 0.1) is 5.41 Å². The summed E-state index contributed by atoms with van der Waals surface area (Å²) in [4.78, 5) is 14.3. The van der Waals surface area contributed by atoms with Gasteiger partial charge in [-0.3, -0.25) is 9.69 Å². The van der Waals surface area contributed by atoms with Crippen LogP contribution in [0.1, 0.15) is 27.2 Å². The molecular formula is C19H32ClN3O4S. The maximum atomic E-state index is 12.7. The lowest BCUT2D eigenvalue weighted by atomic mass is 9.92. The number of ether oxygens (including phenoxy) is 1. The Morgan fingerprint density at radius 1 is 1.11 bits per heavy atom. The fourth-order valence-electron chi connectivity index (χ4n) is 2.99. The van der Waals surface area contributed by atoms with E-state index >= 15 is 0 Å². The highest BCUT2D eigenvalue weighted by atomic mass is 35.5. The smallest absolute Gasteiger partial charge is 0.243 e. The van der Waals surface area contributed by atoms with Crippen molar-refractivity contribution in [3.8, 4) is 5.75 Å². The molecule has 0 radical (unpaired) electrons.